The Morgan fingerprint density at radius 1 is 0.562 bits per heavy atom. The Morgan fingerprint density at radius 2 is 1.02 bits per heavy atom. The van der Waals surface area contributed by atoms with E-state index in [1.165, 1.54) is 52.9 Å². The summed E-state index contributed by atoms with van der Waals surface area (Å²) in [5.41, 5.74) is 10.3. The number of carbonyl (C=O) groups excluding carboxylic acids is 2. The van der Waals surface area contributed by atoms with Gasteiger partial charge in [-0.1, -0.05) is 107 Å². The first-order valence-electron chi connectivity index (χ1n) is 33.1. The van der Waals surface area contributed by atoms with Crippen molar-refractivity contribution in [1.82, 2.24) is 58.0 Å². The number of nitrogens with one attached hydrogen (secondary N) is 1. The number of sulfone groups is 1. The van der Waals surface area contributed by atoms with Crippen LogP contribution in [-0.4, -0.2) is 139 Å². The second-order valence-electron chi connectivity index (χ2n) is 25.3. The molecule has 26 nitrogen and oxygen atoms in total. The Labute approximate surface area is 602 Å². The van der Waals surface area contributed by atoms with Crippen LogP contribution in [0.1, 0.15) is 73.2 Å². The van der Waals surface area contributed by atoms with E-state index in [4.69, 9.17) is 34.2 Å². The van der Waals surface area contributed by atoms with E-state index in [-0.39, 0.29) is 80.7 Å². The van der Waals surface area contributed by atoms with E-state index in [2.05, 4.69) is 35.6 Å². The average Bonchev–Trinajstić information content (AvgIpc) is 1.60. The molecule has 2 amide bonds. The number of halogens is 3. The minimum absolute atomic E-state index is 0.0209. The van der Waals surface area contributed by atoms with Gasteiger partial charge in [0.1, 0.15) is 31.3 Å². The fraction of sp³-hybridized carbons (Fsp3) is 0.260. The van der Waals surface area contributed by atoms with Crippen LogP contribution in [-0.2, 0) is 58.7 Å². The zero-order chi connectivity index (χ0) is 74.5. The van der Waals surface area contributed by atoms with Gasteiger partial charge in [-0.3, -0.25) is 0 Å². The number of fused-ring (bicyclic) bond motifs is 2. The second-order valence-corrected chi connectivity index (χ2v) is 30.9. The van der Waals surface area contributed by atoms with Crippen LogP contribution >= 0.6 is 0 Å². The topological polar surface area (TPSA) is 339 Å². The van der Waals surface area contributed by atoms with Gasteiger partial charge in [-0.2, -0.15) is 13.2 Å². The lowest BCUT2D eigenvalue weighted by atomic mass is 10.00. The van der Waals surface area contributed by atoms with Crippen molar-refractivity contribution in [2.24, 2.45) is 5.73 Å². The standard InChI is InChI=1S/C36H35N7O5S.C23H16F3N5O5S2.C14H20N2O2/c1-23-18-37-35(38-27-15-14-24(2)42(19-27)36(44)47-21-26-10-6-4-7-11-26)40-33(23)30-20-43(49(45,46)28-12-8-5-9-13-28)34-29(30)16-17-32(39-34)31-22-48-41-25(31)3;1-13-17(12-36-30-13)19-9-8-15-16(20-18(23(24,25)26)10-27-22(29-20)37(2,32)33)11-31(21(15)28-19)38(34,35)14-6-4-3-5-7-14;1-11-7-8-13(15)9-16(11)14(17)18-10-12-5-3-2-4-6-12/h4-13,16-18,20,22,24,27H,14-15,19,21H2,1-3H3,(H,37,38,40);3-12H,1-2H3;2-6,11,13H,7-10,15H2,1H3/t24-,27-;;11-,13-/m1.1/s1. The normalized spacial score (nSPS) is 16.4. The Balaban J connectivity index is 0.000000163. The number of nitrogens with zero attached hydrogens (tertiary/aromatic N) is 12. The maximum Gasteiger partial charge on any atom is 0.419 e. The number of nitrogens with two attached hydrogens (primary N) is 1. The van der Waals surface area contributed by atoms with Gasteiger partial charge in [0.2, 0.25) is 20.9 Å². The average molecular weight is 1490 g/mol. The van der Waals surface area contributed by atoms with Gasteiger partial charge in [-0.05, 0) is 126 Å². The smallest absolute Gasteiger partial charge is 0.419 e. The molecule has 2 aliphatic rings. The van der Waals surface area contributed by atoms with E-state index in [0.717, 1.165) is 58.8 Å². The van der Waals surface area contributed by atoms with Crippen LogP contribution in [0, 0.1) is 20.8 Å². The molecule has 2 saturated heterocycles. The first-order valence-corrected chi connectivity index (χ1v) is 37.8. The largest absolute Gasteiger partial charge is 0.445 e. The molecule has 12 aromatic rings. The lowest BCUT2D eigenvalue weighted by Gasteiger charge is -2.37. The quantitative estimate of drug-likeness (QED) is 0.0900. The molecular formula is C73H71F3N14O12S3. The molecule has 544 valence electrons. The molecule has 4 aromatic carbocycles. The van der Waals surface area contributed by atoms with E-state index in [9.17, 15) is 48.0 Å². The molecule has 0 unspecified atom stereocenters. The number of pyridine rings is 2. The second kappa shape index (κ2) is 30.6. The zero-order valence-electron chi connectivity index (χ0n) is 57.5. The van der Waals surface area contributed by atoms with Crippen LogP contribution in [0.25, 0.3) is 67.1 Å². The highest BCUT2D eigenvalue weighted by molar-refractivity contribution is 7.90. The van der Waals surface area contributed by atoms with Gasteiger partial charge in [0.05, 0.1) is 55.1 Å². The molecule has 0 radical (unpaired) electrons. The summed E-state index contributed by atoms with van der Waals surface area (Å²) in [4.78, 5) is 54.2. The number of benzene rings is 4. The van der Waals surface area contributed by atoms with Gasteiger partial charge < -0.3 is 39.4 Å². The predicted molar refractivity (Wildman–Crippen MR) is 382 cm³/mol. The molecule has 14 rings (SSSR count). The van der Waals surface area contributed by atoms with Gasteiger partial charge in [-0.25, -0.2) is 72.7 Å². The first-order chi connectivity index (χ1) is 50.1. The van der Waals surface area contributed by atoms with E-state index >= 15 is 0 Å². The highest BCUT2D eigenvalue weighted by Gasteiger charge is 2.39. The third-order valence-corrected chi connectivity index (χ3v) is 22.0. The van der Waals surface area contributed by atoms with E-state index in [0.29, 0.717) is 76.7 Å². The molecule has 0 bridgehead atoms. The molecule has 0 saturated carbocycles. The third-order valence-electron chi connectivity index (χ3n) is 17.8. The van der Waals surface area contributed by atoms with E-state index in [1.807, 2.05) is 93.6 Å². The highest BCUT2D eigenvalue weighted by atomic mass is 32.2. The van der Waals surface area contributed by atoms with Gasteiger partial charge in [-0.15, -0.1) is 0 Å². The first kappa shape index (κ1) is 73.5. The predicted octanol–water partition coefficient (Wildman–Crippen LogP) is 12.9. The SMILES string of the molecule is C[C@@H]1CC[C@@H](N)CN1C(=O)OCc1ccccc1.Cc1cnc(N[C@@H]2CC[C@@H](C)N(C(=O)OCc3ccccc3)C2)nc1-c1cn(S(=O)(=O)c2ccccc2)c2nc(-c3conc3C)ccc12.Cc1nocc1-c1ccc2c(-c3nc(S(C)(=O)=O)ncc3C(F)(F)F)cn(S(=O)(=O)c3ccccc3)c2n1. The minimum atomic E-state index is -4.98. The molecule has 2 aliphatic heterocycles. The molecule has 2 fully saturated rings. The Bertz CT molecular complexity index is 5500. The fourth-order valence-electron chi connectivity index (χ4n) is 12.1. The molecule has 32 heteroatoms. The number of hydrogen-bond acceptors (Lipinski definition) is 22. The van der Waals surface area contributed by atoms with Crippen molar-refractivity contribution in [3.05, 3.63) is 217 Å². The molecule has 4 atom stereocenters. The summed E-state index contributed by atoms with van der Waals surface area (Å²) in [6.07, 6.45) is 6.00. The van der Waals surface area contributed by atoms with Crippen LogP contribution in [0.15, 0.2) is 207 Å². The van der Waals surface area contributed by atoms with Crippen molar-refractivity contribution in [3.8, 4) is 45.0 Å². The van der Waals surface area contributed by atoms with Gasteiger partial charge in [0, 0.05) is 90.2 Å². The minimum Gasteiger partial charge on any atom is -0.445 e. The number of aryl methyl sites for hydroxylation is 3. The number of amides is 2. The monoisotopic (exact) mass is 1490 g/mol. The number of ether oxygens (including phenoxy) is 2. The maximum atomic E-state index is 14.0. The van der Waals surface area contributed by atoms with Gasteiger partial charge >= 0.3 is 18.4 Å². The number of hydrogen-bond donors (Lipinski definition) is 2. The summed E-state index contributed by atoms with van der Waals surface area (Å²) in [7, 11) is -12.5. The number of piperidine rings is 2. The number of rotatable bonds is 15. The number of alkyl halides is 3. The van der Waals surface area contributed by atoms with Gasteiger partial charge in [0.25, 0.3) is 20.0 Å². The maximum absolute atomic E-state index is 14.0. The highest BCUT2D eigenvalue weighted by Crippen LogP contribution is 2.42. The van der Waals surface area contributed by atoms with E-state index in [1.54, 1.807) is 72.4 Å². The molecule has 105 heavy (non-hydrogen) atoms. The number of likely N-dealkylation sites (tertiary alicyclic amines) is 2. The van der Waals surface area contributed by atoms with Crippen LogP contribution < -0.4 is 11.1 Å². The summed E-state index contributed by atoms with van der Waals surface area (Å²) in [5.74, 6) is 0.370. The fourth-order valence-corrected chi connectivity index (χ4v) is 15.3. The molecule has 10 heterocycles. The Morgan fingerprint density at radius 3 is 1.48 bits per heavy atom. The zero-order valence-corrected chi connectivity index (χ0v) is 59.9. The molecule has 8 aromatic heterocycles. The molecule has 0 spiro atoms. The summed E-state index contributed by atoms with van der Waals surface area (Å²) in [6, 6.07) is 41.4. The van der Waals surface area contributed by atoms with E-state index < -0.39 is 52.5 Å². The molecule has 3 N–H and O–H groups in total. The summed E-state index contributed by atoms with van der Waals surface area (Å²) in [5, 5.41) is 10.9. The van der Waals surface area contributed by atoms with Crippen LogP contribution in [0.5, 0.6) is 0 Å². The van der Waals surface area contributed by atoms with Crippen molar-refractivity contribution < 1.29 is 66.5 Å². The van der Waals surface area contributed by atoms with Crippen molar-refractivity contribution in [1.29, 1.82) is 0 Å². The third kappa shape index (κ3) is 16.3. The molecular weight excluding hydrogens is 1420 g/mol. The van der Waals surface area contributed by atoms with Crippen LogP contribution in [0.3, 0.4) is 0 Å². The molecule has 0 aliphatic carbocycles. The summed E-state index contributed by atoms with van der Waals surface area (Å²) in [6.45, 7) is 10.9. The van der Waals surface area contributed by atoms with Crippen molar-refractivity contribution >= 4 is 70.1 Å². The van der Waals surface area contributed by atoms with Gasteiger partial charge in [0.15, 0.2) is 11.3 Å². The van der Waals surface area contributed by atoms with Crippen molar-refractivity contribution in [2.45, 2.75) is 119 Å². The summed E-state index contributed by atoms with van der Waals surface area (Å²) < 4.78 is 144. The van der Waals surface area contributed by atoms with Crippen molar-refractivity contribution in [3.63, 3.8) is 0 Å². The lowest BCUT2D eigenvalue weighted by molar-refractivity contribution is -0.137. The van der Waals surface area contributed by atoms with Crippen molar-refractivity contribution in [2.75, 3.05) is 24.7 Å². The van der Waals surface area contributed by atoms with Crippen LogP contribution in [0.2, 0.25) is 0 Å². The lowest BCUT2D eigenvalue weighted by Crippen LogP contribution is -2.50. The number of aromatic nitrogens is 10. The number of carbonyl (C=O) groups is 2. The summed E-state index contributed by atoms with van der Waals surface area (Å²) >= 11 is 0. The Hall–Kier alpha value is -11.2. The van der Waals surface area contributed by atoms with Crippen LogP contribution in [0.4, 0.5) is 28.7 Å². The number of anilines is 1. The Kier molecular flexibility index (Phi) is 21.4.